The van der Waals surface area contributed by atoms with Crippen LogP contribution in [-0.2, 0) is 4.74 Å². The number of nitrogens with zero attached hydrogens (tertiary/aromatic N) is 3. The van der Waals surface area contributed by atoms with Gasteiger partial charge in [-0.1, -0.05) is 6.07 Å². The van der Waals surface area contributed by atoms with E-state index in [1.165, 1.54) is 30.3 Å². The van der Waals surface area contributed by atoms with E-state index in [0.717, 1.165) is 12.1 Å². The summed E-state index contributed by atoms with van der Waals surface area (Å²) in [6.07, 6.45) is 1.68. The van der Waals surface area contributed by atoms with Gasteiger partial charge in [0, 0.05) is 24.2 Å². The van der Waals surface area contributed by atoms with E-state index >= 15 is 4.39 Å². The molecule has 1 amide bonds. The van der Waals surface area contributed by atoms with Crippen molar-refractivity contribution in [2.45, 2.75) is 0 Å². The first-order chi connectivity index (χ1) is 17.0. The zero-order chi connectivity index (χ0) is 24.4. The number of benzene rings is 3. The molecule has 9 heteroatoms. The van der Waals surface area contributed by atoms with Crippen LogP contribution in [0.3, 0.4) is 0 Å². The summed E-state index contributed by atoms with van der Waals surface area (Å²) in [6.45, 7) is 2.60. The van der Waals surface area contributed by atoms with E-state index in [2.05, 4.69) is 20.2 Å². The molecule has 0 saturated carbocycles. The minimum Gasteiger partial charge on any atom is -0.378 e. The van der Waals surface area contributed by atoms with Gasteiger partial charge in [0.2, 0.25) is 0 Å². The molecule has 176 valence electrons. The highest BCUT2D eigenvalue weighted by atomic mass is 19.1. The Balaban J connectivity index is 1.41. The summed E-state index contributed by atoms with van der Waals surface area (Å²) >= 11 is 0. The van der Waals surface area contributed by atoms with Gasteiger partial charge in [-0.25, -0.2) is 13.8 Å². The first-order valence-electron chi connectivity index (χ1n) is 11.0. The molecule has 0 radical (unpaired) electrons. The van der Waals surface area contributed by atoms with Crippen molar-refractivity contribution in [3.05, 3.63) is 95.2 Å². The number of halogens is 2. The number of ether oxygens (including phenoxy) is 1. The third-order valence-electron chi connectivity index (χ3n) is 5.72. The van der Waals surface area contributed by atoms with Crippen LogP contribution in [0, 0.1) is 11.6 Å². The van der Waals surface area contributed by atoms with Crippen molar-refractivity contribution in [3.8, 4) is 0 Å². The van der Waals surface area contributed by atoms with Crippen LogP contribution in [0.4, 0.5) is 20.3 Å². The highest BCUT2D eigenvalue weighted by Gasteiger charge is 2.20. The molecule has 1 aliphatic heterocycles. The molecule has 0 unspecified atom stereocenters. The van der Waals surface area contributed by atoms with Crippen LogP contribution >= 0.6 is 0 Å². The summed E-state index contributed by atoms with van der Waals surface area (Å²) in [5, 5.41) is 2.44. The van der Waals surface area contributed by atoms with Crippen LogP contribution in [0.15, 0.2) is 66.9 Å². The minimum atomic E-state index is -0.860. The molecular weight excluding hydrogens is 454 g/mol. The van der Waals surface area contributed by atoms with Crippen LogP contribution in [0.2, 0.25) is 0 Å². The number of amides is 1. The standard InChI is InChI=1S/C26H20F2N4O3/c27-18-7-4-16(5-8-18)26(34)31-21-3-1-2-19(24(21)28)25(33)17-6-9-20-22(14-17)30-23(15-29-20)32-10-12-35-13-11-32/h1-9,14-15H,10-13H2,(H,31,34). The van der Waals surface area contributed by atoms with E-state index in [4.69, 9.17) is 4.74 Å². The predicted octanol–water partition coefficient (Wildman–Crippen LogP) is 4.23. The molecule has 4 aromatic rings. The van der Waals surface area contributed by atoms with E-state index in [0.29, 0.717) is 43.2 Å². The molecule has 0 atom stereocenters. The van der Waals surface area contributed by atoms with Crippen molar-refractivity contribution in [3.63, 3.8) is 0 Å². The van der Waals surface area contributed by atoms with Crippen molar-refractivity contribution in [1.82, 2.24) is 9.97 Å². The molecular formula is C26H20F2N4O3. The molecule has 1 fully saturated rings. The molecule has 1 saturated heterocycles. The molecule has 1 aromatic heterocycles. The second kappa shape index (κ2) is 9.55. The Kier molecular flexibility index (Phi) is 6.15. The molecule has 0 bridgehead atoms. The van der Waals surface area contributed by atoms with E-state index in [-0.39, 0.29) is 22.4 Å². The lowest BCUT2D eigenvalue weighted by Gasteiger charge is -2.27. The van der Waals surface area contributed by atoms with Crippen molar-refractivity contribution < 1.29 is 23.1 Å². The van der Waals surface area contributed by atoms with Gasteiger partial charge in [0.1, 0.15) is 11.6 Å². The fourth-order valence-corrected chi connectivity index (χ4v) is 3.84. The molecule has 5 rings (SSSR count). The molecule has 0 spiro atoms. The topological polar surface area (TPSA) is 84.4 Å². The highest BCUT2D eigenvalue weighted by molar-refractivity contribution is 6.11. The Labute approximate surface area is 199 Å². The Morgan fingerprint density at radius 1 is 0.914 bits per heavy atom. The largest absolute Gasteiger partial charge is 0.378 e. The van der Waals surface area contributed by atoms with Gasteiger partial charge >= 0.3 is 0 Å². The number of rotatable bonds is 5. The Morgan fingerprint density at radius 3 is 2.43 bits per heavy atom. The number of carbonyl (C=O) groups excluding carboxylic acids is 2. The van der Waals surface area contributed by atoms with E-state index in [1.807, 2.05) is 0 Å². The van der Waals surface area contributed by atoms with Gasteiger partial charge in [-0.05, 0) is 54.6 Å². The van der Waals surface area contributed by atoms with Crippen LogP contribution < -0.4 is 10.2 Å². The minimum absolute atomic E-state index is 0.152. The number of hydrogen-bond donors (Lipinski definition) is 1. The van der Waals surface area contributed by atoms with Gasteiger partial charge < -0.3 is 15.0 Å². The second-order valence-corrected chi connectivity index (χ2v) is 7.99. The lowest BCUT2D eigenvalue weighted by Crippen LogP contribution is -2.36. The lowest BCUT2D eigenvalue weighted by atomic mass is 10.0. The Hall–Kier alpha value is -4.24. The number of hydrogen-bond acceptors (Lipinski definition) is 6. The summed E-state index contributed by atoms with van der Waals surface area (Å²) in [6, 6.07) is 13.9. The number of aromatic nitrogens is 2. The highest BCUT2D eigenvalue weighted by Crippen LogP contribution is 2.24. The normalized spacial score (nSPS) is 13.6. The van der Waals surface area contributed by atoms with Crippen molar-refractivity contribution >= 4 is 34.2 Å². The fraction of sp³-hybridized carbons (Fsp3) is 0.154. The van der Waals surface area contributed by atoms with Gasteiger partial charge in [-0.15, -0.1) is 0 Å². The molecule has 3 aromatic carbocycles. The van der Waals surface area contributed by atoms with Crippen molar-refractivity contribution in [2.24, 2.45) is 0 Å². The number of nitrogens with one attached hydrogen (secondary N) is 1. The summed E-state index contributed by atoms with van der Waals surface area (Å²) in [5.41, 5.74) is 1.18. The molecule has 2 heterocycles. The zero-order valence-electron chi connectivity index (χ0n) is 18.5. The van der Waals surface area contributed by atoms with E-state index < -0.39 is 23.3 Å². The van der Waals surface area contributed by atoms with Crippen LogP contribution in [0.5, 0.6) is 0 Å². The third kappa shape index (κ3) is 4.71. The van der Waals surface area contributed by atoms with Gasteiger partial charge in [-0.2, -0.15) is 0 Å². The van der Waals surface area contributed by atoms with Crippen LogP contribution in [-0.4, -0.2) is 48.0 Å². The second-order valence-electron chi connectivity index (χ2n) is 7.99. The summed E-state index contributed by atoms with van der Waals surface area (Å²) in [5.74, 6) is -1.84. The maximum atomic E-state index is 15.2. The number of fused-ring (bicyclic) bond motifs is 1. The monoisotopic (exact) mass is 474 g/mol. The molecule has 7 nitrogen and oxygen atoms in total. The van der Waals surface area contributed by atoms with E-state index in [1.54, 1.807) is 24.4 Å². The van der Waals surface area contributed by atoms with Gasteiger partial charge in [0.25, 0.3) is 5.91 Å². The Bertz CT molecular complexity index is 1420. The summed E-state index contributed by atoms with van der Waals surface area (Å²) in [7, 11) is 0. The fourth-order valence-electron chi connectivity index (χ4n) is 3.84. The first kappa shape index (κ1) is 22.5. The van der Waals surface area contributed by atoms with Crippen LogP contribution in [0.1, 0.15) is 26.3 Å². The maximum Gasteiger partial charge on any atom is 0.255 e. The van der Waals surface area contributed by atoms with Gasteiger partial charge in [0.15, 0.2) is 11.6 Å². The quantitative estimate of drug-likeness (QED) is 0.436. The Morgan fingerprint density at radius 2 is 1.66 bits per heavy atom. The maximum absolute atomic E-state index is 15.2. The zero-order valence-corrected chi connectivity index (χ0v) is 18.5. The molecule has 1 N–H and O–H groups in total. The molecule has 35 heavy (non-hydrogen) atoms. The predicted molar refractivity (Wildman–Crippen MR) is 127 cm³/mol. The number of carbonyl (C=O) groups is 2. The first-order valence-corrected chi connectivity index (χ1v) is 11.0. The summed E-state index contributed by atoms with van der Waals surface area (Å²) in [4.78, 5) is 36.7. The lowest BCUT2D eigenvalue weighted by molar-refractivity contribution is 0.101. The third-order valence-corrected chi connectivity index (χ3v) is 5.72. The van der Waals surface area contributed by atoms with Crippen LogP contribution in [0.25, 0.3) is 11.0 Å². The summed E-state index contributed by atoms with van der Waals surface area (Å²) < 4.78 is 33.7. The van der Waals surface area contributed by atoms with Crippen molar-refractivity contribution in [2.75, 3.05) is 36.5 Å². The molecule has 1 aliphatic rings. The number of anilines is 2. The van der Waals surface area contributed by atoms with Gasteiger partial charge in [0.05, 0.1) is 41.7 Å². The van der Waals surface area contributed by atoms with Gasteiger partial charge in [-0.3, -0.25) is 14.6 Å². The molecule has 0 aliphatic carbocycles. The smallest absolute Gasteiger partial charge is 0.255 e. The van der Waals surface area contributed by atoms with E-state index in [9.17, 15) is 14.0 Å². The number of ketones is 1. The average Bonchev–Trinajstić information content (AvgIpc) is 2.89. The number of morpholine rings is 1. The average molecular weight is 474 g/mol. The SMILES string of the molecule is O=C(Nc1cccc(C(=O)c2ccc3ncc(N4CCOCC4)nc3c2)c1F)c1ccc(F)cc1. The van der Waals surface area contributed by atoms with Crippen molar-refractivity contribution in [1.29, 1.82) is 0 Å².